The molecule has 0 aliphatic heterocycles. The largest absolute Gasteiger partial charge is 0.380 e. The third kappa shape index (κ3) is 7.27. The van der Waals surface area contributed by atoms with Gasteiger partial charge in [0.05, 0.1) is 18.5 Å². The van der Waals surface area contributed by atoms with Gasteiger partial charge in [0.2, 0.25) is 0 Å². The van der Waals surface area contributed by atoms with Gasteiger partial charge in [-0.3, -0.25) is 0 Å². The maximum Gasteiger partial charge on any atom is 0.191 e. The lowest BCUT2D eigenvalue weighted by molar-refractivity contribution is 0.128. The summed E-state index contributed by atoms with van der Waals surface area (Å²) in [6.07, 6.45) is 2.94. The van der Waals surface area contributed by atoms with Gasteiger partial charge in [-0.15, -0.1) is 0 Å². The molecule has 1 aromatic carbocycles. The predicted octanol–water partition coefficient (Wildman–Crippen LogP) is 3.19. The summed E-state index contributed by atoms with van der Waals surface area (Å²) in [7, 11) is 0. The molecule has 26 heavy (non-hydrogen) atoms. The minimum absolute atomic E-state index is 0.496. The van der Waals surface area contributed by atoms with E-state index >= 15 is 0 Å². The number of ether oxygens (including phenoxy) is 1. The molecule has 0 aliphatic rings. The first-order chi connectivity index (χ1) is 12.7. The van der Waals surface area contributed by atoms with E-state index in [-0.39, 0.29) is 0 Å². The lowest BCUT2D eigenvalue weighted by Gasteiger charge is -2.11. The van der Waals surface area contributed by atoms with Gasteiger partial charge in [-0.05, 0) is 24.8 Å². The number of hydrogen-bond acceptors (Lipinski definition) is 3. The van der Waals surface area contributed by atoms with Crippen LogP contribution in [0.1, 0.15) is 33.0 Å². The topological polar surface area (TPSA) is 74.3 Å². The molecule has 0 atom stereocenters. The molecule has 0 radical (unpaired) electrons. The van der Waals surface area contributed by atoms with E-state index in [9.17, 15) is 0 Å². The highest BCUT2D eigenvalue weighted by atomic mass is 16.5. The number of nitrogens with zero attached hydrogens (tertiary/aromatic N) is 2. The summed E-state index contributed by atoms with van der Waals surface area (Å²) in [5.41, 5.74) is 2.13. The summed E-state index contributed by atoms with van der Waals surface area (Å²) in [5.74, 6) is 2.29. The summed E-state index contributed by atoms with van der Waals surface area (Å²) in [6.45, 7) is 9.99. The summed E-state index contributed by atoms with van der Waals surface area (Å²) in [4.78, 5) is 12.3. The number of aromatic nitrogens is 2. The Bertz CT molecular complexity index is 651. The first kappa shape index (κ1) is 20.0. The Morgan fingerprint density at radius 2 is 2.00 bits per heavy atom. The van der Waals surface area contributed by atoms with Crippen LogP contribution in [-0.2, 0) is 11.3 Å². The Labute approximate surface area is 156 Å². The number of benzene rings is 1. The number of aliphatic imine (C=N–C) groups is 1. The number of hydrogen-bond donors (Lipinski definition) is 3. The van der Waals surface area contributed by atoms with Gasteiger partial charge in [0, 0.05) is 19.7 Å². The third-order valence-corrected chi connectivity index (χ3v) is 3.82. The van der Waals surface area contributed by atoms with E-state index in [0.29, 0.717) is 19.1 Å². The smallest absolute Gasteiger partial charge is 0.191 e. The molecule has 2 aromatic rings. The molecular weight excluding hydrogens is 326 g/mol. The first-order valence-corrected chi connectivity index (χ1v) is 9.38. The second kappa shape index (κ2) is 11.3. The van der Waals surface area contributed by atoms with Crippen LogP contribution in [0.4, 0.5) is 0 Å². The molecule has 0 saturated carbocycles. The molecule has 0 fully saturated rings. The molecule has 0 spiro atoms. The van der Waals surface area contributed by atoms with E-state index in [0.717, 1.165) is 49.2 Å². The van der Waals surface area contributed by atoms with Crippen LogP contribution in [0.2, 0.25) is 0 Å². The van der Waals surface area contributed by atoms with Crippen molar-refractivity contribution >= 4 is 5.96 Å². The molecule has 0 amide bonds. The van der Waals surface area contributed by atoms with Crippen LogP contribution < -0.4 is 10.6 Å². The first-order valence-electron chi connectivity index (χ1n) is 9.38. The second-order valence-corrected chi connectivity index (χ2v) is 6.53. The third-order valence-electron chi connectivity index (χ3n) is 3.82. The van der Waals surface area contributed by atoms with Gasteiger partial charge >= 0.3 is 0 Å². The molecule has 142 valence electrons. The number of nitrogens with one attached hydrogen (secondary N) is 3. The van der Waals surface area contributed by atoms with Gasteiger partial charge in [-0.25, -0.2) is 9.98 Å². The van der Waals surface area contributed by atoms with Gasteiger partial charge in [0.1, 0.15) is 12.4 Å². The standard InChI is InChI=1S/C20H31N5O/c1-4-21-20(22-11-13-26-12-10-16(2)3)24-15-19-23-14-18(25-19)17-8-6-5-7-9-17/h5-9,14,16H,4,10-13,15H2,1-3H3,(H,23,25)(H2,21,22,24). The Balaban J connectivity index is 1.80. The number of rotatable bonds is 10. The second-order valence-electron chi connectivity index (χ2n) is 6.53. The van der Waals surface area contributed by atoms with Crippen molar-refractivity contribution in [2.24, 2.45) is 10.9 Å². The van der Waals surface area contributed by atoms with Crippen molar-refractivity contribution in [3.63, 3.8) is 0 Å². The van der Waals surface area contributed by atoms with Gasteiger partial charge in [0.15, 0.2) is 5.96 Å². The highest BCUT2D eigenvalue weighted by molar-refractivity contribution is 5.79. The molecule has 0 aliphatic carbocycles. The fourth-order valence-corrected chi connectivity index (χ4v) is 2.37. The van der Waals surface area contributed by atoms with Crippen LogP contribution >= 0.6 is 0 Å². The average molecular weight is 358 g/mol. The van der Waals surface area contributed by atoms with Crippen molar-refractivity contribution in [1.29, 1.82) is 0 Å². The monoisotopic (exact) mass is 357 g/mol. The molecule has 0 unspecified atom stereocenters. The maximum atomic E-state index is 5.62. The number of imidazole rings is 1. The van der Waals surface area contributed by atoms with Crippen molar-refractivity contribution in [2.45, 2.75) is 33.7 Å². The molecule has 3 N–H and O–H groups in total. The number of guanidine groups is 1. The summed E-state index contributed by atoms with van der Waals surface area (Å²) in [6, 6.07) is 10.2. The Morgan fingerprint density at radius 1 is 1.19 bits per heavy atom. The molecule has 0 saturated heterocycles. The van der Waals surface area contributed by atoms with E-state index in [4.69, 9.17) is 4.74 Å². The Morgan fingerprint density at radius 3 is 2.73 bits per heavy atom. The maximum absolute atomic E-state index is 5.62. The summed E-state index contributed by atoms with van der Waals surface area (Å²) >= 11 is 0. The molecule has 1 heterocycles. The zero-order chi connectivity index (χ0) is 18.6. The van der Waals surface area contributed by atoms with E-state index in [1.54, 1.807) is 0 Å². The molecule has 0 bridgehead atoms. The minimum atomic E-state index is 0.496. The zero-order valence-electron chi connectivity index (χ0n) is 16.1. The van der Waals surface area contributed by atoms with Crippen LogP contribution in [0.15, 0.2) is 41.5 Å². The van der Waals surface area contributed by atoms with E-state index in [1.807, 2.05) is 24.4 Å². The molecule has 6 heteroatoms. The van der Waals surface area contributed by atoms with Crippen LogP contribution in [0.25, 0.3) is 11.3 Å². The quantitative estimate of drug-likeness (QED) is 0.347. The van der Waals surface area contributed by atoms with Gasteiger partial charge in [-0.1, -0.05) is 44.2 Å². The normalized spacial score (nSPS) is 11.8. The van der Waals surface area contributed by atoms with Crippen molar-refractivity contribution in [3.05, 3.63) is 42.4 Å². The lowest BCUT2D eigenvalue weighted by atomic mass is 10.1. The van der Waals surface area contributed by atoms with Gasteiger partial charge in [-0.2, -0.15) is 0 Å². The Hall–Kier alpha value is -2.34. The summed E-state index contributed by atoms with van der Waals surface area (Å²) < 4.78 is 5.62. The van der Waals surface area contributed by atoms with E-state index in [2.05, 4.69) is 58.5 Å². The van der Waals surface area contributed by atoms with Gasteiger partial charge < -0.3 is 20.4 Å². The number of H-pyrrole nitrogens is 1. The van der Waals surface area contributed by atoms with Crippen molar-refractivity contribution in [2.75, 3.05) is 26.3 Å². The highest BCUT2D eigenvalue weighted by Crippen LogP contribution is 2.16. The highest BCUT2D eigenvalue weighted by Gasteiger charge is 2.03. The van der Waals surface area contributed by atoms with Crippen LogP contribution in [0, 0.1) is 5.92 Å². The molecular formula is C20H31N5O. The van der Waals surface area contributed by atoms with Crippen LogP contribution in [0.3, 0.4) is 0 Å². The zero-order valence-corrected chi connectivity index (χ0v) is 16.1. The summed E-state index contributed by atoms with van der Waals surface area (Å²) in [5, 5.41) is 6.53. The minimum Gasteiger partial charge on any atom is -0.380 e. The number of aromatic amines is 1. The predicted molar refractivity (Wildman–Crippen MR) is 107 cm³/mol. The molecule has 6 nitrogen and oxygen atoms in total. The van der Waals surface area contributed by atoms with E-state index in [1.165, 1.54) is 0 Å². The van der Waals surface area contributed by atoms with Crippen molar-refractivity contribution in [1.82, 2.24) is 20.6 Å². The van der Waals surface area contributed by atoms with Crippen LogP contribution in [0.5, 0.6) is 0 Å². The lowest BCUT2D eigenvalue weighted by Crippen LogP contribution is -2.39. The van der Waals surface area contributed by atoms with Crippen molar-refractivity contribution in [3.8, 4) is 11.3 Å². The SMILES string of the molecule is CCNC(=NCc1ncc(-c2ccccc2)[nH]1)NCCOCCC(C)C. The van der Waals surface area contributed by atoms with Crippen molar-refractivity contribution < 1.29 is 4.74 Å². The molecule has 2 rings (SSSR count). The fraction of sp³-hybridized carbons (Fsp3) is 0.500. The average Bonchev–Trinajstić information content (AvgIpc) is 3.12. The van der Waals surface area contributed by atoms with Crippen LogP contribution in [-0.4, -0.2) is 42.2 Å². The van der Waals surface area contributed by atoms with Gasteiger partial charge in [0.25, 0.3) is 0 Å². The fourth-order valence-electron chi connectivity index (χ4n) is 2.37. The molecule has 1 aromatic heterocycles. The Kier molecular flexibility index (Phi) is 8.69. The van der Waals surface area contributed by atoms with E-state index < -0.39 is 0 Å².